The highest BCUT2D eigenvalue weighted by atomic mass is 19.2. The van der Waals surface area contributed by atoms with Gasteiger partial charge in [0.2, 0.25) is 5.91 Å². The van der Waals surface area contributed by atoms with Gasteiger partial charge in [0.05, 0.1) is 19.2 Å². The van der Waals surface area contributed by atoms with Gasteiger partial charge in [-0.1, -0.05) is 12.1 Å². The maximum Gasteiger partial charge on any atom is 0.335 e. The lowest BCUT2D eigenvalue weighted by atomic mass is 9.96. The van der Waals surface area contributed by atoms with E-state index in [0.29, 0.717) is 28.8 Å². The fourth-order valence-electron chi connectivity index (χ4n) is 3.48. The number of aromatic carboxylic acids is 1. The van der Waals surface area contributed by atoms with Crippen molar-refractivity contribution >= 4 is 17.7 Å². The number of primary amides is 1. The van der Waals surface area contributed by atoms with E-state index in [1.54, 1.807) is 36.3 Å². The summed E-state index contributed by atoms with van der Waals surface area (Å²) in [5.74, 6) is -2.73. The van der Waals surface area contributed by atoms with Gasteiger partial charge in [-0.25, -0.2) is 13.6 Å². The summed E-state index contributed by atoms with van der Waals surface area (Å²) in [6, 6.07) is 14.7. The summed E-state index contributed by atoms with van der Waals surface area (Å²) < 4.78 is 31.1. The van der Waals surface area contributed by atoms with Crippen LogP contribution in [0.25, 0.3) is 0 Å². The number of hydrogen-bond donors (Lipinski definition) is 2. The molecule has 34 heavy (non-hydrogen) atoms. The van der Waals surface area contributed by atoms with Crippen LogP contribution in [0.4, 0.5) is 8.78 Å². The Hall–Kier alpha value is -4.11. The summed E-state index contributed by atoms with van der Waals surface area (Å²) in [4.78, 5) is 35.5. The van der Waals surface area contributed by atoms with Crippen LogP contribution in [0, 0.1) is 11.6 Å². The van der Waals surface area contributed by atoms with Gasteiger partial charge >= 0.3 is 5.97 Å². The zero-order valence-electron chi connectivity index (χ0n) is 18.3. The number of carboxylic acid groups (broad SMARTS) is 1. The summed E-state index contributed by atoms with van der Waals surface area (Å²) >= 11 is 0. The van der Waals surface area contributed by atoms with Gasteiger partial charge in [0.15, 0.2) is 17.4 Å². The highest BCUT2D eigenvalue weighted by molar-refractivity contribution is 6.01. The number of Topliss-reactive ketones (excluding diaryl/α,β-unsaturated/α-hetero) is 1. The second-order valence-corrected chi connectivity index (χ2v) is 7.59. The Morgan fingerprint density at radius 1 is 0.971 bits per heavy atom. The average molecular weight is 468 g/mol. The molecule has 0 unspecified atom stereocenters. The van der Waals surface area contributed by atoms with Crippen LogP contribution in [0.5, 0.6) is 5.75 Å². The molecule has 0 aliphatic carbocycles. The SMILES string of the molecule is COc1ccc(C(N)=O)cc1.O=C(O)c1ccc2c(c1)CN(Cc1ccc(F)c(F)c1)CC2=O. The van der Waals surface area contributed by atoms with Crippen molar-refractivity contribution < 1.29 is 33.0 Å². The van der Waals surface area contributed by atoms with E-state index in [0.717, 1.165) is 17.9 Å². The topological polar surface area (TPSA) is 110 Å². The van der Waals surface area contributed by atoms with Crippen LogP contribution >= 0.6 is 0 Å². The number of benzene rings is 3. The molecule has 1 amide bonds. The molecular formula is C25H22F2N2O5. The molecule has 4 rings (SSSR count). The van der Waals surface area contributed by atoms with E-state index in [1.807, 2.05) is 0 Å². The molecule has 0 saturated heterocycles. The van der Waals surface area contributed by atoms with Crippen LogP contribution in [-0.2, 0) is 13.1 Å². The van der Waals surface area contributed by atoms with Crippen LogP contribution < -0.4 is 10.5 Å². The fourth-order valence-corrected chi connectivity index (χ4v) is 3.48. The number of halogens is 2. The van der Waals surface area contributed by atoms with E-state index in [9.17, 15) is 23.2 Å². The molecule has 0 saturated carbocycles. The zero-order valence-corrected chi connectivity index (χ0v) is 18.3. The average Bonchev–Trinajstić information content (AvgIpc) is 2.81. The third-order valence-electron chi connectivity index (χ3n) is 5.18. The number of ether oxygens (including phenoxy) is 1. The quantitative estimate of drug-likeness (QED) is 0.592. The number of fused-ring (bicyclic) bond motifs is 1. The number of rotatable bonds is 5. The lowest BCUT2D eigenvalue weighted by Gasteiger charge is -2.28. The van der Waals surface area contributed by atoms with Gasteiger partial charge < -0.3 is 15.6 Å². The van der Waals surface area contributed by atoms with Crippen LogP contribution in [0.2, 0.25) is 0 Å². The van der Waals surface area contributed by atoms with Gasteiger partial charge in [0.25, 0.3) is 0 Å². The smallest absolute Gasteiger partial charge is 0.335 e. The Balaban J connectivity index is 0.000000248. The molecule has 0 radical (unpaired) electrons. The zero-order chi connectivity index (χ0) is 24.8. The number of nitrogens with two attached hydrogens (primary N) is 1. The van der Waals surface area contributed by atoms with E-state index in [4.69, 9.17) is 15.6 Å². The van der Waals surface area contributed by atoms with E-state index in [2.05, 4.69) is 0 Å². The lowest BCUT2D eigenvalue weighted by molar-refractivity contribution is 0.0695. The highest BCUT2D eigenvalue weighted by Crippen LogP contribution is 2.22. The van der Waals surface area contributed by atoms with Gasteiger partial charge in [0, 0.05) is 24.2 Å². The molecule has 0 spiro atoms. The summed E-state index contributed by atoms with van der Waals surface area (Å²) in [6.07, 6.45) is 0. The molecule has 9 heteroatoms. The third kappa shape index (κ3) is 6.02. The number of carbonyl (C=O) groups is 3. The molecule has 176 valence electrons. The Labute approximate surface area is 194 Å². The Morgan fingerprint density at radius 3 is 2.24 bits per heavy atom. The normalized spacial score (nSPS) is 12.9. The number of carbonyl (C=O) groups excluding carboxylic acids is 2. The van der Waals surface area contributed by atoms with E-state index < -0.39 is 23.5 Å². The molecule has 0 atom stereocenters. The minimum absolute atomic E-state index is 0.117. The summed E-state index contributed by atoms with van der Waals surface area (Å²) in [6.45, 7) is 0.805. The molecule has 3 aromatic rings. The number of ketones is 1. The van der Waals surface area contributed by atoms with Crippen LogP contribution in [-0.4, -0.2) is 41.3 Å². The predicted molar refractivity (Wildman–Crippen MR) is 120 cm³/mol. The molecule has 0 fully saturated rings. The van der Waals surface area contributed by atoms with Gasteiger partial charge in [-0.05, 0) is 59.7 Å². The molecule has 1 aliphatic rings. The number of nitrogens with zero attached hydrogens (tertiary/aromatic N) is 1. The van der Waals surface area contributed by atoms with Crippen LogP contribution in [0.1, 0.15) is 42.2 Å². The second-order valence-electron chi connectivity index (χ2n) is 7.59. The largest absolute Gasteiger partial charge is 0.497 e. The van der Waals surface area contributed by atoms with Gasteiger partial charge in [0.1, 0.15) is 5.75 Å². The molecule has 7 nitrogen and oxygen atoms in total. The molecule has 1 aliphatic heterocycles. The first-order valence-electron chi connectivity index (χ1n) is 10.2. The van der Waals surface area contributed by atoms with Crippen molar-refractivity contribution in [2.75, 3.05) is 13.7 Å². The van der Waals surface area contributed by atoms with Crippen molar-refractivity contribution in [1.29, 1.82) is 0 Å². The summed E-state index contributed by atoms with van der Waals surface area (Å²) in [5.41, 5.74) is 7.32. The van der Waals surface area contributed by atoms with Gasteiger partial charge in [-0.15, -0.1) is 0 Å². The first-order chi connectivity index (χ1) is 16.2. The Kier molecular flexibility index (Phi) is 7.70. The van der Waals surface area contributed by atoms with Crippen molar-refractivity contribution in [3.63, 3.8) is 0 Å². The van der Waals surface area contributed by atoms with Gasteiger partial charge in [-0.2, -0.15) is 0 Å². The minimum Gasteiger partial charge on any atom is -0.497 e. The number of carboxylic acids is 1. The Bertz CT molecular complexity index is 1230. The monoisotopic (exact) mass is 468 g/mol. The molecule has 3 aromatic carbocycles. The highest BCUT2D eigenvalue weighted by Gasteiger charge is 2.24. The van der Waals surface area contributed by atoms with Crippen molar-refractivity contribution in [3.8, 4) is 5.75 Å². The lowest BCUT2D eigenvalue weighted by Crippen LogP contribution is -2.34. The van der Waals surface area contributed by atoms with E-state index in [-0.39, 0.29) is 24.4 Å². The Morgan fingerprint density at radius 2 is 1.65 bits per heavy atom. The van der Waals surface area contributed by atoms with E-state index in [1.165, 1.54) is 24.3 Å². The molecule has 0 aromatic heterocycles. The third-order valence-corrected chi connectivity index (χ3v) is 5.18. The second kappa shape index (κ2) is 10.7. The fraction of sp³-hybridized carbons (Fsp3) is 0.160. The van der Waals surface area contributed by atoms with Gasteiger partial charge in [-0.3, -0.25) is 14.5 Å². The number of amides is 1. The first kappa shape index (κ1) is 24.5. The minimum atomic E-state index is -1.06. The standard InChI is InChI=1S/C17H13F2NO3.C8H9NO2/c18-14-4-1-10(5-15(14)19)7-20-8-12-6-11(17(22)23)2-3-13(12)16(21)9-20;1-11-7-4-2-6(3-5-7)8(9)10/h1-6H,7-9H2,(H,22,23);2-5H,1H3,(H2,9,10). The maximum absolute atomic E-state index is 13.3. The summed E-state index contributed by atoms with van der Waals surface area (Å²) in [7, 11) is 1.57. The van der Waals surface area contributed by atoms with Crippen molar-refractivity contribution in [3.05, 3.63) is 100 Å². The van der Waals surface area contributed by atoms with Crippen molar-refractivity contribution in [1.82, 2.24) is 4.90 Å². The molecule has 1 heterocycles. The van der Waals surface area contributed by atoms with Crippen molar-refractivity contribution in [2.45, 2.75) is 13.1 Å². The van der Waals surface area contributed by atoms with Crippen molar-refractivity contribution in [2.24, 2.45) is 5.73 Å². The molecule has 3 N–H and O–H groups in total. The molecular weight excluding hydrogens is 446 g/mol. The predicted octanol–water partition coefficient (Wildman–Crippen LogP) is 3.66. The van der Waals surface area contributed by atoms with E-state index >= 15 is 0 Å². The first-order valence-corrected chi connectivity index (χ1v) is 10.2. The number of hydrogen-bond acceptors (Lipinski definition) is 5. The van der Waals surface area contributed by atoms with Crippen LogP contribution in [0.15, 0.2) is 60.7 Å². The summed E-state index contributed by atoms with van der Waals surface area (Å²) in [5, 5.41) is 9.03. The molecule has 0 bridgehead atoms. The maximum atomic E-state index is 13.3. The number of methoxy groups -OCH3 is 1. The van der Waals surface area contributed by atoms with Crippen LogP contribution in [0.3, 0.4) is 0 Å².